The van der Waals surface area contributed by atoms with Crippen LogP contribution in [0.4, 0.5) is 4.39 Å². The van der Waals surface area contributed by atoms with Gasteiger partial charge >= 0.3 is 7.60 Å². The number of hydrogen-bond acceptors (Lipinski definition) is 6. The number of halogens is 1. The van der Waals surface area contributed by atoms with Gasteiger partial charge in [0.2, 0.25) is 0 Å². The first-order valence-corrected chi connectivity index (χ1v) is 12.1. The molecule has 0 N–H and O–H groups in total. The molecule has 0 radical (unpaired) electrons. The Hall–Kier alpha value is -1.99. The third kappa shape index (κ3) is 4.52. The van der Waals surface area contributed by atoms with Gasteiger partial charge in [-0.15, -0.1) is 0 Å². The minimum atomic E-state index is -3.63. The number of carbonyl (C=O) groups is 2. The molecular weight excluding hydrogens is 428 g/mol. The maximum atomic E-state index is 13.4. The molecule has 0 bridgehead atoms. The molecule has 0 spiro atoms. The molecule has 0 saturated carbocycles. The fourth-order valence-corrected chi connectivity index (χ4v) is 7.08. The number of nitrogens with zero attached hydrogens (tertiary/aromatic N) is 1. The zero-order chi connectivity index (χ0) is 21.9. The van der Waals surface area contributed by atoms with Gasteiger partial charge in [0, 0.05) is 4.90 Å². The molecule has 2 amide bonds. The third-order valence-corrected chi connectivity index (χ3v) is 8.35. The molecule has 1 atom stereocenters. The lowest BCUT2D eigenvalue weighted by Crippen LogP contribution is -2.50. The van der Waals surface area contributed by atoms with Crippen molar-refractivity contribution < 1.29 is 27.6 Å². The van der Waals surface area contributed by atoms with Crippen LogP contribution in [0, 0.1) is 5.82 Å². The number of hydrogen-bond donors (Lipinski definition) is 0. The van der Waals surface area contributed by atoms with Crippen LogP contribution in [0.3, 0.4) is 0 Å². The number of fused-ring (bicyclic) bond motifs is 1. The molecule has 0 saturated heterocycles. The summed E-state index contributed by atoms with van der Waals surface area (Å²) in [5.41, 5.74) is 0.576. The van der Waals surface area contributed by atoms with Gasteiger partial charge in [-0.2, -0.15) is 0 Å². The normalized spacial score (nSPS) is 15.9. The Labute approximate surface area is 179 Å². The smallest absolute Gasteiger partial charge is 0.309 e. The molecule has 1 aliphatic rings. The highest BCUT2D eigenvalue weighted by Crippen LogP contribution is 2.55. The Morgan fingerprint density at radius 2 is 1.47 bits per heavy atom. The molecule has 0 aliphatic carbocycles. The van der Waals surface area contributed by atoms with Crippen molar-refractivity contribution in [1.82, 2.24) is 4.90 Å². The van der Waals surface area contributed by atoms with Crippen molar-refractivity contribution in [3.05, 3.63) is 65.5 Å². The summed E-state index contributed by atoms with van der Waals surface area (Å²) in [7, 11) is -3.63. The second-order valence-electron chi connectivity index (χ2n) is 6.83. The van der Waals surface area contributed by atoms with Crippen LogP contribution in [-0.2, 0) is 13.6 Å². The molecule has 3 rings (SSSR count). The summed E-state index contributed by atoms with van der Waals surface area (Å²) in [5, 5.41) is 0. The molecule has 6 nitrogen and oxygen atoms in total. The molecule has 1 unspecified atom stereocenters. The van der Waals surface area contributed by atoms with E-state index < -0.39 is 30.1 Å². The number of carbonyl (C=O) groups excluding carboxylic acids is 2. The van der Waals surface area contributed by atoms with Gasteiger partial charge in [-0.3, -0.25) is 19.1 Å². The van der Waals surface area contributed by atoms with E-state index >= 15 is 0 Å². The summed E-state index contributed by atoms with van der Waals surface area (Å²) in [6.45, 7) is 5.33. The topological polar surface area (TPSA) is 72.9 Å². The number of imide groups is 1. The molecule has 1 heterocycles. The summed E-state index contributed by atoms with van der Waals surface area (Å²) < 4.78 is 37.6. The molecule has 9 heteroatoms. The number of amides is 2. The van der Waals surface area contributed by atoms with Crippen LogP contribution < -0.4 is 0 Å². The van der Waals surface area contributed by atoms with Crippen LogP contribution in [-0.4, -0.2) is 41.0 Å². The van der Waals surface area contributed by atoms with Gasteiger partial charge in [0.15, 0.2) is 0 Å². The average Bonchev–Trinajstić information content (AvgIpc) is 2.95. The average molecular weight is 451 g/mol. The molecule has 2 aromatic carbocycles. The highest BCUT2D eigenvalue weighted by atomic mass is 32.2. The van der Waals surface area contributed by atoms with Gasteiger partial charge in [0.25, 0.3) is 11.8 Å². The molecule has 2 aromatic rings. The maximum absolute atomic E-state index is 13.4. The van der Waals surface area contributed by atoms with Gasteiger partial charge in [-0.25, -0.2) is 4.39 Å². The first-order chi connectivity index (χ1) is 14.2. The summed E-state index contributed by atoms with van der Waals surface area (Å²) in [6.07, 6.45) is -0.213. The minimum Gasteiger partial charge on any atom is -0.309 e. The fourth-order valence-electron chi connectivity index (χ4n) is 3.41. The van der Waals surface area contributed by atoms with E-state index in [4.69, 9.17) is 9.05 Å². The van der Waals surface area contributed by atoms with Crippen LogP contribution in [0.15, 0.2) is 53.4 Å². The Morgan fingerprint density at radius 3 is 1.93 bits per heavy atom. The quantitative estimate of drug-likeness (QED) is 0.297. The van der Waals surface area contributed by atoms with Gasteiger partial charge in [-0.05, 0) is 57.2 Å². The summed E-state index contributed by atoms with van der Waals surface area (Å²) in [5.74, 6) is -1.37. The number of thioether (sulfide) groups is 1. The molecule has 0 fully saturated rings. The van der Waals surface area contributed by atoms with Crippen molar-refractivity contribution in [2.45, 2.75) is 30.5 Å². The second kappa shape index (κ2) is 9.02. The Balaban J connectivity index is 2.05. The van der Waals surface area contributed by atoms with E-state index in [-0.39, 0.29) is 30.5 Å². The summed E-state index contributed by atoms with van der Waals surface area (Å²) in [6, 6.07) is 12.2. The van der Waals surface area contributed by atoms with Crippen LogP contribution in [0.25, 0.3) is 0 Å². The highest BCUT2D eigenvalue weighted by molar-refractivity contribution is 8.01. The van der Waals surface area contributed by atoms with E-state index in [0.717, 1.165) is 16.7 Å². The molecular formula is C21H23FNO5PS. The summed E-state index contributed by atoms with van der Waals surface area (Å²) >= 11 is 1.14. The van der Waals surface area contributed by atoms with Crippen molar-refractivity contribution >= 4 is 31.2 Å². The van der Waals surface area contributed by atoms with Gasteiger partial charge in [0.1, 0.15) is 10.7 Å². The number of rotatable bonds is 9. The Bertz CT molecular complexity index is 954. The molecule has 160 valence electrons. The lowest BCUT2D eigenvalue weighted by Gasteiger charge is -2.38. The zero-order valence-corrected chi connectivity index (χ0v) is 18.7. The lowest BCUT2D eigenvalue weighted by atomic mass is 10.1. The largest absolute Gasteiger partial charge is 0.333 e. The van der Waals surface area contributed by atoms with Crippen molar-refractivity contribution in [2.75, 3.05) is 19.4 Å². The highest BCUT2D eigenvalue weighted by Gasteiger charge is 2.51. The standard InChI is InChI=1S/C21H23FNO5PS/c1-4-27-29(26,28-5-2)14-21(3,30-16-12-10-15(22)11-13-16)23-19(24)17-8-6-7-9-18(17)20(23)25/h6-13H,4-5,14H2,1-3H3. The molecule has 30 heavy (non-hydrogen) atoms. The van der Waals surface area contributed by atoms with Gasteiger partial charge < -0.3 is 9.05 Å². The number of benzene rings is 2. The van der Waals surface area contributed by atoms with Crippen LogP contribution in [0.2, 0.25) is 0 Å². The lowest BCUT2D eigenvalue weighted by molar-refractivity contribution is 0.0579. The van der Waals surface area contributed by atoms with Gasteiger partial charge in [-0.1, -0.05) is 23.9 Å². The van der Waals surface area contributed by atoms with Gasteiger partial charge in [0.05, 0.1) is 30.5 Å². The van der Waals surface area contributed by atoms with E-state index in [1.54, 1.807) is 57.2 Å². The van der Waals surface area contributed by atoms with Crippen molar-refractivity contribution in [1.29, 1.82) is 0 Å². The van der Waals surface area contributed by atoms with Crippen molar-refractivity contribution in [3.8, 4) is 0 Å². The van der Waals surface area contributed by atoms with Crippen LogP contribution in [0.1, 0.15) is 41.5 Å². The van der Waals surface area contributed by atoms with E-state index in [1.165, 1.54) is 12.1 Å². The minimum absolute atomic E-state index is 0.149. The molecule has 0 aromatic heterocycles. The van der Waals surface area contributed by atoms with E-state index in [2.05, 4.69) is 0 Å². The van der Waals surface area contributed by atoms with Crippen molar-refractivity contribution in [2.24, 2.45) is 0 Å². The van der Waals surface area contributed by atoms with E-state index in [9.17, 15) is 18.5 Å². The van der Waals surface area contributed by atoms with Crippen molar-refractivity contribution in [3.63, 3.8) is 0 Å². The van der Waals surface area contributed by atoms with Crippen LogP contribution >= 0.6 is 19.4 Å². The summed E-state index contributed by atoms with van der Waals surface area (Å²) in [4.78, 5) is 26.7. The molecule has 1 aliphatic heterocycles. The monoisotopic (exact) mass is 451 g/mol. The van der Waals surface area contributed by atoms with Crippen LogP contribution in [0.5, 0.6) is 0 Å². The predicted octanol–water partition coefficient (Wildman–Crippen LogP) is 5.20. The maximum Gasteiger partial charge on any atom is 0.333 e. The first-order valence-electron chi connectivity index (χ1n) is 9.53. The van der Waals surface area contributed by atoms with E-state index in [1.807, 2.05) is 0 Å². The zero-order valence-electron chi connectivity index (χ0n) is 17.0. The third-order valence-electron chi connectivity index (χ3n) is 4.56. The first kappa shape index (κ1) is 22.7. The predicted molar refractivity (Wildman–Crippen MR) is 113 cm³/mol. The Kier molecular flexibility index (Phi) is 6.82. The fraction of sp³-hybridized carbons (Fsp3) is 0.333. The Morgan fingerprint density at radius 1 is 0.967 bits per heavy atom. The van der Waals surface area contributed by atoms with E-state index in [0.29, 0.717) is 4.90 Å². The second-order valence-corrected chi connectivity index (χ2v) is 10.4. The SMILES string of the molecule is CCOP(=O)(CC(C)(Sc1ccc(F)cc1)N1C(=O)c2ccccc2C1=O)OCC.